The number of piperidine rings is 1. The maximum absolute atomic E-state index is 3.61. The Kier molecular flexibility index (Phi) is 6.06. The molecule has 0 saturated carbocycles. The molecule has 2 atom stereocenters. The molecule has 114 valence electrons. The zero-order valence-corrected chi connectivity index (χ0v) is 14.2. The Labute approximate surface area is 128 Å². The Hall–Kier alpha value is -0.380. The standard InChI is InChI=1S/C17H30N2S/c1-13(2)17(16-8-6-10-20-16)19-9-5-7-15(12-19)11-18-14(3)4/h6,8,10,13-15,17-18H,5,7,9,11-12H2,1-4H3. The summed E-state index contributed by atoms with van der Waals surface area (Å²) in [6, 6.07) is 5.71. The van der Waals surface area contributed by atoms with Gasteiger partial charge >= 0.3 is 0 Å². The third-order valence-corrected chi connectivity index (χ3v) is 5.17. The summed E-state index contributed by atoms with van der Waals surface area (Å²) >= 11 is 1.92. The largest absolute Gasteiger partial charge is 0.314 e. The van der Waals surface area contributed by atoms with E-state index in [-0.39, 0.29) is 0 Å². The van der Waals surface area contributed by atoms with Gasteiger partial charge in [-0.25, -0.2) is 0 Å². The van der Waals surface area contributed by atoms with E-state index in [0.29, 0.717) is 18.0 Å². The van der Waals surface area contributed by atoms with E-state index in [1.807, 2.05) is 11.3 Å². The van der Waals surface area contributed by atoms with Crippen LogP contribution in [0.5, 0.6) is 0 Å². The first-order chi connectivity index (χ1) is 9.58. The number of hydrogen-bond donors (Lipinski definition) is 1. The van der Waals surface area contributed by atoms with Crippen molar-refractivity contribution in [3.63, 3.8) is 0 Å². The molecule has 1 fully saturated rings. The second-order valence-electron chi connectivity index (χ2n) is 6.77. The van der Waals surface area contributed by atoms with Gasteiger partial charge in [-0.05, 0) is 49.2 Å². The highest BCUT2D eigenvalue weighted by atomic mass is 32.1. The molecule has 3 heteroatoms. The average molecular weight is 295 g/mol. The summed E-state index contributed by atoms with van der Waals surface area (Å²) in [4.78, 5) is 4.27. The molecule has 0 aromatic carbocycles. The van der Waals surface area contributed by atoms with Crippen molar-refractivity contribution in [3.8, 4) is 0 Å². The van der Waals surface area contributed by atoms with E-state index in [9.17, 15) is 0 Å². The third-order valence-electron chi connectivity index (χ3n) is 4.22. The van der Waals surface area contributed by atoms with Gasteiger partial charge in [0.15, 0.2) is 0 Å². The van der Waals surface area contributed by atoms with Crippen LogP contribution < -0.4 is 5.32 Å². The Balaban J connectivity index is 1.99. The molecule has 0 bridgehead atoms. The van der Waals surface area contributed by atoms with Crippen LogP contribution >= 0.6 is 11.3 Å². The van der Waals surface area contributed by atoms with Crippen molar-refractivity contribution >= 4 is 11.3 Å². The summed E-state index contributed by atoms with van der Waals surface area (Å²) in [6.45, 7) is 12.9. The van der Waals surface area contributed by atoms with Gasteiger partial charge in [-0.3, -0.25) is 4.90 Å². The van der Waals surface area contributed by atoms with Crippen LogP contribution in [-0.4, -0.2) is 30.6 Å². The van der Waals surface area contributed by atoms with Gasteiger partial charge in [0.05, 0.1) is 0 Å². The molecule has 0 amide bonds. The number of nitrogens with one attached hydrogen (secondary N) is 1. The smallest absolute Gasteiger partial charge is 0.0464 e. The van der Waals surface area contributed by atoms with Gasteiger partial charge in [-0.2, -0.15) is 0 Å². The summed E-state index contributed by atoms with van der Waals surface area (Å²) in [5, 5.41) is 5.83. The zero-order valence-electron chi connectivity index (χ0n) is 13.4. The lowest BCUT2D eigenvalue weighted by Gasteiger charge is -2.40. The van der Waals surface area contributed by atoms with Crippen molar-refractivity contribution in [2.45, 2.75) is 52.6 Å². The van der Waals surface area contributed by atoms with Gasteiger partial charge in [0.25, 0.3) is 0 Å². The molecule has 2 nitrogen and oxygen atoms in total. The predicted molar refractivity (Wildman–Crippen MR) is 89.3 cm³/mol. The molecule has 2 unspecified atom stereocenters. The molecule has 0 aliphatic carbocycles. The fourth-order valence-electron chi connectivity index (χ4n) is 3.31. The van der Waals surface area contributed by atoms with E-state index in [0.717, 1.165) is 5.92 Å². The second-order valence-corrected chi connectivity index (χ2v) is 7.75. The van der Waals surface area contributed by atoms with Gasteiger partial charge in [0.1, 0.15) is 0 Å². The summed E-state index contributed by atoms with van der Waals surface area (Å²) < 4.78 is 0. The normalized spacial score (nSPS) is 22.6. The number of rotatable bonds is 6. The Morgan fingerprint density at radius 1 is 1.35 bits per heavy atom. The fourth-order valence-corrected chi connectivity index (χ4v) is 4.34. The molecule has 1 aromatic heterocycles. The lowest BCUT2D eigenvalue weighted by atomic mass is 9.92. The van der Waals surface area contributed by atoms with E-state index in [1.54, 1.807) is 0 Å². The van der Waals surface area contributed by atoms with Crippen LogP contribution in [0.15, 0.2) is 17.5 Å². The molecular formula is C17H30N2S. The molecule has 20 heavy (non-hydrogen) atoms. The van der Waals surface area contributed by atoms with E-state index < -0.39 is 0 Å². The van der Waals surface area contributed by atoms with Crippen LogP contribution in [0, 0.1) is 11.8 Å². The van der Waals surface area contributed by atoms with Crippen LogP contribution in [0.3, 0.4) is 0 Å². The molecule has 1 N–H and O–H groups in total. The highest BCUT2D eigenvalue weighted by Crippen LogP contribution is 2.34. The molecule has 0 spiro atoms. The van der Waals surface area contributed by atoms with E-state index in [4.69, 9.17) is 0 Å². The van der Waals surface area contributed by atoms with Gasteiger partial charge in [-0.1, -0.05) is 33.8 Å². The third kappa shape index (κ3) is 4.31. The SMILES string of the molecule is CC(C)NCC1CCCN(C(c2cccs2)C(C)C)C1. The predicted octanol–water partition coefficient (Wildman–Crippen LogP) is 4.16. The van der Waals surface area contributed by atoms with Crippen LogP contribution in [0.2, 0.25) is 0 Å². The Bertz CT molecular complexity index is 372. The minimum Gasteiger partial charge on any atom is -0.314 e. The Morgan fingerprint density at radius 2 is 2.15 bits per heavy atom. The quantitative estimate of drug-likeness (QED) is 0.847. The first kappa shape index (κ1) is 16.0. The van der Waals surface area contributed by atoms with Crippen LogP contribution in [0.1, 0.15) is 51.5 Å². The van der Waals surface area contributed by atoms with Crippen molar-refractivity contribution in [2.24, 2.45) is 11.8 Å². The first-order valence-electron chi connectivity index (χ1n) is 8.08. The van der Waals surface area contributed by atoms with Crippen molar-refractivity contribution in [2.75, 3.05) is 19.6 Å². The Morgan fingerprint density at radius 3 is 2.75 bits per heavy atom. The van der Waals surface area contributed by atoms with Crippen molar-refractivity contribution in [3.05, 3.63) is 22.4 Å². The fraction of sp³-hybridized carbons (Fsp3) is 0.765. The van der Waals surface area contributed by atoms with E-state index in [2.05, 4.69) is 55.4 Å². The van der Waals surface area contributed by atoms with Gasteiger partial charge < -0.3 is 5.32 Å². The first-order valence-corrected chi connectivity index (χ1v) is 8.96. The summed E-state index contributed by atoms with van der Waals surface area (Å²) in [6.07, 6.45) is 2.73. The molecule has 2 rings (SSSR count). The molecule has 1 aliphatic rings. The minimum absolute atomic E-state index is 0.601. The van der Waals surface area contributed by atoms with Crippen molar-refractivity contribution in [1.29, 1.82) is 0 Å². The van der Waals surface area contributed by atoms with E-state index in [1.165, 1.54) is 37.4 Å². The highest BCUT2D eigenvalue weighted by molar-refractivity contribution is 7.10. The monoisotopic (exact) mass is 294 g/mol. The maximum Gasteiger partial charge on any atom is 0.0464 e. The second kappa shape index (κ2) is 7.58. The van der Waals surface area contributed by atoms with Crippen LogP contribution in [0.25, 0.3) is 0 Å². The summed E-state index contributed by atoms with van der Waals surface area (Å²) in [5.41, 5.74) is 0. The topological polar surface area (TPSA) is 15.3 Å². The molecule has 1 aromatic rings. The maximum atomic E-state index is 3.61. The van der Waals surface area contributed by atoms with Crippen molar-refractivity contribution in [1.82, 2.24) is 10.2 Å². The van der Waals surface area contributed by atoms with Gasteiger partial charge in [-0.15, -0.1) is 11.3 Å². The van der Waals surface area contributed by atoms with Gasteiger partial charge in [0, 0.05) is 23.5 Å². The molecule has 0 radical (unpaired) electrons. The highest BCUT2D eigenvalue weighted by Gasteiger charge is 2.29. The van der Waals surface area contributed by atoms with E-state index >= 15 is 0 Å². The molecule has 2 heterocycles. The molecule has 1 aliphatic heterocycles. The van der Waals surface area contributed by atoms with Gasteiger partial charge in [0.2, 0.25) is 0 Å². The van der Waals surface area contributed by atoms with Crippen LogP contribution in [0.4, 0.5) is 0 Å². The lowest BCUT2D eigenvalue weighted by Crippen LogP contribution is -2.43. The van der Waals surface area contributed by atoms with Crippen LogP contribution in [-0.2, 0) is 0 Å². The minimum atomic E-state index is 0.601. The summed E-state index contributed by atoms with van der Waals surface area (Å²) in [5.74, 6) is 1.50. The van der Waals surface area contributed by atoms with Crippen molar-refractivity contribution < 1.29 is 0 Å². The number of likely N-dealkylation sites (tertiary alicyclic amines) is 1. The zero-order chi connectivity index (χ0) is 14.5. The lowest BCUT2D eigenvalue weighted by molar-refractivity contribution is 0.0962. The number of thiophene rings is 1. The average Bonchev–Trinajstić information content (AvgIpc) is 2.90. The summed E-state index contributed by atoms with van der Waals surface area (Å²) in [7, 11) is 0. The molecule has 1 saturated heterocycles. The molecular weight excluding hydrogens is 264 g/mol. The number of hydrogen-bond acceptors (Lipinski definition) is 3. The number of nitrogens with zero attached hydrogens (tertiary/aromatic N) is 1.